The van der Waals surface area contributed by atoms with Crippen LogP contribution in [0.2, 0.25) is 0 Å². The fourth-order valence-electron chi connectivity index (χ4n) is 0.891. The molecule has 1 heterocycles. The molecule has 1 rings (SSSR count). The van der Waals surface area contributed by atoms with Crippen molar-refractivity contribution < 1.29 is 19.8 Å². The molecule has 0 saturated heterocycles. The number of hydrogen-bond acceptors (Lipinski definition) is 4. The third kappa shape index (κ3) is 1.84. The minimum Gasteiger partial charge on any atom is -0.478 e. The second-order valence-corrected chi connectivity index (χ2v) is 2.51. The second kappa shape index (κ2) is 3.26. The minimum atomic E-state index is -1.23. The third-order valence-corrected chi connectivity index (χ3v) is 1.55. The highest BCUT2D eigenvalue weighted by Crippen LogP contribution is 2.06. The van der Waals surface area contributed by atoms with Crippen LogP contribution in [0.15, 0.2) is 17.3 Å². The Bertz CT molecular complexity index is 308. The van der Waals surface area contributed by atoms with E-state index in [9.17, 15) is 9.59 Å². The number of carboxylic acid groups (broad SMARTS) is 2. The highest BCUT2D eigenvalue weighted by atomic mass is 16.4. The van der Waals surface area contributed by atoms with Crippen LogP contribution in [0.5, 0.6) is 0 Å². The van der Waals surface area contributed by atoms with Gasteiger partial charge in [0, 0.05) is 13.2 Å². The van der Waals surface area contributed by atoms with Gasteiger partial charge in [-0.2, -0.15) is 0 Å². The van der Waals surface area contributed by atoms with Gasteiger partial charge in [0.1, 0.15) is 5.71 Å². The summed E-state index contributed by atoms with van der Waals surface area (Å²) in [5, 5.41) is 17.2. The molecule has 1 atom stereocenters. The van der Waals surface area contributed by atoms with E-state index in [-0.39, 0.29) is 5.71 Å². The van der Waals surface area contributed by atoms with Gasteiger partial charge in [-0.1, -0.05) is 0 Å². The lowest BCUT2D eigenvalue weighted by Gasteiger charge is -2.22. The molecular weight excluding hydrogens is 176 g/mol. The molecule has 13 heavy (non-hydrogen) atoms. The van der Waals surface area contributed by atoms with E-state index in [2.05, 4.69) is 4.99 Å². The van der Waals surface area contributed by atoms with Crippen molar-refractivity contribution in [3.05, 3.63) is 12.3 Å². The van der Waals surface area contributed by atoms with Gasteiger partial charge in [-0.15, -0.1) is 0 Å². The number of carboxylic acids is 2. The molecule has 0 saturated carbocycles. The van der Waals surface area contributed by atoms with Crippen LogP contribution in [0, 0.1) is 0 Å². The maximum absolute atomic E-state index is 10.6. The van der Waals surface area contributed by atoms with E-state index < -0.39 is 18.1 Å². The van der Waals surface area contributed by atoms with Crippen LogP contribution < -0.4 is 0 Å². The van der Waals surface area contributed by atoms with Crippen LogP contribution in [0.1, 0.15) is 0 Å². The largest absolute Gasteiger partial charge is 0.478 e. The first-order valence-electron chi connectivity index (χ1n) is 3.46. The third-order valence-electron chi connectivity index (χ3n) is 1.55. The molecule has 0 bridgehead atoms. The van der Waals surface area contributed by atoms with E-state index in [4.69, 9.17) is 10.2 Å². The fraction of sp³-hybridized carbons (Fsp3) is 0.286. The Kier molecular flexibility index (Phi) is 2.32. The molecule has 6 nitrogen and oxygen atoms in total. The standard InChI is InChI=1S/C7H8N2O4/c1-9-3-2-4(6(10)11)8-5(9)7(12)13/h2-3,5H,1H3,(H,10,11)(H,12,13). The van der Waals surface area contributed by atoms with Gasteiger partial charge in [-0.05, 0) is 6.08 Å². The number of aliphatic carboxylic acids is 2. The second-order valence-electron chi connectivity index (χ2n) is 2.51. The summed E-state index contributed by atoms with van der Waals surface area (Å²) in [5.74, 6) is -2.40. The zero-order valence-corrected chi connectivity index (χ0v) is 6.84. The lowest BCUT2D eigenvalue weighted by Crippen LogP contribution is -2.37. The van der Waals surface area contributed by atoms with Gasteiger partial charge in [0.25, 0.3) is 0 Å². The zero-order chi connectivity index (χ0) is 10.0. The number of carbonyl (C=O) groups is 2. The van der Waals surface area contributed by atoms with E-state index in [1.54, 1.807) is 0 Å². The lowest BCUT2D eigenvalue weighted by molar-refractivity contribution is -0.141. The normalized spacial score (nSPS) is 21.2. The molecule has 0 fully saturated rings. The van der Waals surface area contributed by atoms with E-state index in [1.807, 2.05) is 0 Å². The van der Waals surface area contributed by atoms with Gasteiger partial charge in [-0.3, -0.25) is 0 Å². The predicted molar refractivity (Wildman–Crippen MR) is 43.4 cm³/mol. The van der Waals surface area contributed by atoms with E-state index in [0.29, 0.717) is 0 Å². The molecule has 1 aliphatic heterocycles. The summed E-state index contributed by atoms with van der Waals surface area (Å²) in [6, 6.07) is 0. The van der Waals surface area contributed by atoms with Crippen LogP contribution in [-0.4, -0.2) is 46.0 Å². The Morgan fingerprint density at radius 3 is 2.62 bits per heavy atom. The van der Waals surface area contributed by atoms with Crippen molar-refractivity contribution in [2.45, 2.75) is 6.17 Å². The fourth-order valence-corrected chi connectivity index (χ4v) is 0.891. The van der Waals surface area contributed by atoms with Gasteiger partial charge < -0.3 is 15.1 Å². The molecule has 1 aliphatic rings. The summed E-state index contributed by atoms with van der Waals surface area (Å²) in [6.45, 7) is 0. The summed E-state index contributed by atoms with van der Waals surface area (Å²) >= 11 is 0. The quantitative estimate of drug-likeness (QED) is 0.597. The van der Waals surface area contributed by atoms with Gasteiger partial charge in [0.05, 0.1) is 0 Å². The number of nitrogens with zero attached hydrogens (tertiary/aromatic N) is 2. The predicted octanol–water partition coefficient (Wildman–Crippen LogP) is -0.618. The molecule has 0 amide bonds. The molecule has 0 radical (unpaired) electrons. The van der Waals surface area contributed by atoms with Crippen LogP contribution in [-0.2, 0) is 9.59 Å². The first kappa shape index (κ1) is 9.24. The molecule has 0 aromatic rings. The molecule has 6 heteroatoms. The van der Waals surface area contributed by atoms with Crippen LogP contribution >= 0.6 is 0 Å². The van der Waals surface area contributed by atoms with Crippen LogP contribution in [0.3, 0.4) is 0 Å². The molecular formula is C7H8N2O4. The van der Waals surface area contributed by atoms with Crippen molar-refractivity contribution in [3.8, 4) is 0 Å². The summed E-state index contributed by atoms with van der Waals surface area (Å²) in [4.78, 5) is 25.8. The Labute approximate surface area is 73.8 Å². The zero-order valence-electron chi connectivity index (χ0n) is 6.84. The van der Waals surface area contributed by atoms with Crippen molar-refractivity contribution >= 4 is 17.7 Å². The first-order valence-corrected chi connectivity index (χ1v) is 3.46. The first-order chi connectivity index (χ1) is 6.02. The summed E-state index contributed by atoms with van der Waals surface area (Å²) in [5.41, 5.74) is -0.245. The van der Waals surface area contributed by atoms with E-state index in [1.165, 1.54) is 24.2 Å². The van der Waals surface area contributed by atoms with Crippen LogP contribution in [0.4, 0.5) is 0 Å². The average molecular weight is 184 g/mol. The lowest BCUT2D eigenvalue weighted by atomic mass is 10.3. The van der Waals surface area contributed by atoms with Crippen molar-refractivity contribution in [1.29, 1.82) is 0 Å². The minimum absolute atomic E-state index is 0.245. The molecule has 2 N–H and O–H groups in total. The van der Waals surface area contributed by atoms with Gasteiger partial charge >= 0.3 is 11.9 Å². The van der Waals surface area contributed by atoms with Crippen molar-refractivity contribution in [3.63, 3.8) is 0 Å². The maximum Gasteiger partial charge on any atom is 0.354 e. The molecule has 70 valence electrons. The Hall–Kier alpha value is -1.85. The van der Waals surface area contributed by atoms with Crippen molar-refractivity contribution in [1.82, 2.24) is 4.90 Å². The Morgan fingerprint density at radius 2 is 2.15 bits per heavy atom. The monoisotopic (exact) mass is 184 g/mol. The Morgan fingerprint density at radius 1 is 1.54 bits per heavy atom. The SMILES string of the molecule is CN1C=CC(C(=O)O)=NC1C(=O)O. The van der Waals surface area contributed by atoms with Crippen LogP contribution in [0.25, 0.3) is 0 Å². The van der Waals surface area contributed by atoms with Gasteiger partial charge in [-0.25, -0.2) is 14.6 Å². The molecule has 0 aromatic carbocycles. The summed E-state index contributed by atoms with van der Waals surface area (Å²) in [6.07, 6.45) is 1.48. The van der Waals surface area contributed by atoms with E-state index in [0.717, 1.165) is 0 Å². The van der Waals surface area contributed by atoms with Gasteiger partial charge in [0.15, 0.2) is 0 Å². The molecule has 1 unspecified atom stereocenters. The molecule has 0 spiro atoms. The number of aliphatic imine (C=N–C) groups is 1. The highest BCUT2D eigenvalue weighted by Gasteiger charge is 2.24. The average Bonchev–Trinajstić information content (AvgIpc) is 2.04. The van der Waals surface area contributed by atoms with Crippen molar-refractivity contribution in [2.24, 2.45) is 4.99 Å². The summed E-state index contributed by atoms with van der Waals surface area (Å²) in [7, 11) is 1.51. The van der Waals surface area contributed by atoms with E-state index >= 15 is 0 Å². The number of rotatable bonds is 2. The van der Waals surface area contributed by atoms with Gasteiger partial charge in [0.2, 0.25) is 6.17 Å². The maximum atomic E-state index is 10.6. The highest BCUT2D eigenvalue weighted by molar-refractivity contribution is 6.40. The summed E-state index contributed by atoms with van der Waals surface area (Å²) < 4.78 is 0. The number of hydrogen-bond donors (Lipinski definition) is 2. The van der Waals surface area contributed by atoms with Crippen molar-refractivity contribution in [2.75, 3.05) is 7.05 Å². The number of likely N-dealkylation sites (N-methyl/N-ethyl adjacent to an activating group) is 1. The topological polar surface area (TPSA) is 90.2 Å². The Balaban J connectivity index is 2.93. The smallest absolute Gasteiger partial charge is 0.354 e. The molecule has 0 aromatic heterocycles. The molecule has 0 aliphatic carbocycles.